The average Bonchev–Trinajstić information content (AvgIpc) is 2.30. The Morgan fingerprint density at radius 3 is 2.76 bits per heavy atom. The number of nitrogens with zero attached hydrogens (tertiary/aromatic N) is 1. The Labute approximate surface area is 98.7 Å². The average molecular weight is 230 g/mol. The Hall–Kier alpha value is -2.30. The highest BCUT2D eigenvalue weighted by molar-refractivity contribution is 5.67. The highest BCUT2D eigenvalue weighted by atomic mass is 16.1. The van der Waals surface area contributed by atoms with Gasteiger partial charge in [0.05, 0.1) is 6.33 Å². The van der Waals surface area contributed by atoms with Crippen LogP contribution in [0.25, 0.3) is 0 Å². The van der Waals surface area contributed by atoms with Crippen LogP contribution < -0.4 is 16.6 Å². The van der Waals surface area contributed by atoms with E-state index in [0.29, 0.717) is 5.82 Å². The van der Waals surface area contributed by atoms with Gasteiger partial charge in [0, 0.05) is 5.69 Å². The Kier molecular flexibility index (Phi) is 2.82. The molecule has 0 aliphatic carbocycles. The summed E-state index contributed by atoms with van der Waals surface area (Å²) in [4.78, 5) is 17.7. The zero-order valence-corrected chi connectivity index (χ0v) is 9.74. The Balaban J connectivity index is 2.35. The van der Waals surface area contributed by atoms with Crippen LogP contribution in [0.5, 0.6) is 0 Å². The molecule has 0 saturated heterocycles. The van der Waals surface area contributed by atoms with Gasteiger partial charge in [-0.05, 0) is 37.1 Å². The number of aromatic nitrogens is 2. The molecule has 0 fully saturated rings. The van der Waals surface area contributed by atoms with Gasteiger partial charge in [-0.2, -0.15) is 0 Å². The van der Waals surface area contributed by atoms with E-state index in [1.54, 1.807) is 0 Å². The van der Waals surface area contributed by atoms with Crippen LogP contribution in [0, 0.1) is 13.8 Å². The van der Waals surface area contributed by atoms with Crippen LogP contribution in [0.3, 0.4) is 0 Å². The van der Waals surface area contributed by atoms with Crippen LogP contribution in [0.4, 0.5) is 17.2 Å². The van der Waals surface area contributed by atoms with Crippen LogP contribution in [0.15, 0.2) is 29.3 Å². The molecule has 0 amide bonds. The van der Waals surface area contributed by atoms with Crippen molar-refractivity contribution >= 4 is 17.2 Å². The number of aryl methyl sites for hydroxylation is 2. The summed E-state index contributed by atoms with van der Waals surface area (Å²) in [6.45, 7) is 4.06. The molecule has 5 nitrogen and oxygen atoms in total. The first kappa shape index (κ1) is 11.2. The summed E-state index contributed by atoms with van der Waals surface area (Å²) >= 11 is 0. The van der Waals surface area contributed by atoms with E-state index in [1.807, 2.05) is 32.0 Å². The smallest absolute Gasteiger partial charge is 0.276 e. The number of nitrogens with two attached hydrogens (primary N) is 1. The minimum Gasteiger partial charge on any atom is -0.391 e. The van der Waals surface area contributed by atoms with Gasteiger partial charge in [0.15, 0.2) is 5.82 Å². The second-order valence-electron chi connectivity index (χ2n) is 3.92. The highest BCUT2D eigenvalue weighted by Gasteiger charge is 2.04. The number of H-pyrrole nitrogens is 1. The molecule has 1 aromatic heterocycles. The summed E-state index contributed by atoms with van der Waals surface area (Å²) in [5, 5.41) is 3.02. The van der Waals surface area contributed by atoms with E-state index in [2.05, 4.69) is 15.3 Å². The normalized spacial score (nSPS) is 10.2. The fraction of sp³-hybridized carbons (Fsp3) is 0.167. The molecule has 2 aromatic rings. The molecule has 1 aromatic carbocycles. The summed E-state index contributed by atoms with van der Waals surface area (Å²) in [7, 11) is 0. The van der Waals surface area contributed by atoms with Crippen LogP contribution in [-0.2, 0) is 0 Å². The minimum absolute atomic E-state index is 0.0886. The maximum absolute atomic E-state index is 11.3. The number of hydrogen-bond donors (Lipinski definition) is 3. The van der Waals surface area contributed by atoms with E-state index in [-0.39, 0.29) is 11.2 Å². The van der Waals surface area contributed by atoms with Crippen LogP contribution in [0.2, 0.25) is 0 Å². The van der Waals surface area contributed by atoms with E-state index < -0.39 is 0 Å². The van der Waals surface area contributed by atoms with Crippen molar-refractivity contribution < 1.29 is 0 Å². The van der Waals surface area contributed by atoms with Crippen LogP contribution in [-0.4, -0.2) is 9.97 Å². The molecule has 88 valence electrons. The third kappa shape index (κ3) is 2.28. The molecule has 0 radical (unpaired) electrons. The molecule has 17 heavy (non-hydrogen) atoms. The van der Waals surface area contributed by atoms with Gasteiger partial charge in [-0.3, -0.25) is 4.79 Å². The number of nitrogen functional groups attached to an aromatic ring is 1. The van der Waals surface area contributed by atoms with Crippen molar-refractivity contribution in [3.8, 4) is 0 Å². The van der Waals surface area contributed by atoms with Gasteiger partial charge in [0.25, 0.3) is 5.56 Å². The second kappa shape index (κ2) is 4.29. The molecule has 1 heterocycles. The van der Waals surface area contributed by atoms with Crippen molar-refractivity contribution in [1.29, 1.82) is 0 Å². The standard InChI is InChI=1S/C12H14N4O/c1-7-3-4-9(5-8(7)2)16-11-10(13)12(17)15-6-14-11/h3-6H,13H2,1-2H3,(H2,14,15,16,17). The lowest BCUT2D eigenvalue weighted by atomic mass is 10.1. The van der Waals surface area contributed by atoms with Crippen LogP contribution >= 0.6 is 0 Å². The predicted octanol–water partition coefficient (Wildman–Crippen LogP) is 1.71. The van der Waals surface area contributed by atoms with Gasteiger partial charge in [-0.1, -0.05) is 6.07 Å². The molecule has 0 bridgehead atoms. The number of nitrogens with one attached hydrogen (secondary N) is 2. The van der Waals surface area contributed by atoms with Gasteiger partial charge in [0.1, 0.15) is 5.69 Å². The van der Waals surface area contributed by atoms with Gasteiger partial charge in [0.2, 0.25) is 0 Å². The topological polar surface area (TPSA) is 83.8 Å². The van der Waals surface area contributed by atoms with Crippen molar-refractivity contribution in [1.82, 2.24) is 9.97 Å². The molecule has 2 rings (SSSR count). The molecule has 4 N–H and O–H groups in total. The van der Waals surface area contributed by atoms with E-state index in [0.717, 1.165) is 5.69 Å². The Bertz CT molecular complexity index is 604. The third-order valence-corrected chi connectivity index (χ3v) is 2.66. The van der Waals surface area contributed by atoms with Crippen molar-refractivity contribution in [3.05, 3.63) is 46.0 Å². The van der Waals surface area contributed by atoms with Gasteiger partial charge in [-0.15, -0.1) is 0 Å². The van der Waals surface area contributed by atoms with Gasteiger partial charge in [-0.25, -0.2) is 4.98 Å². The van der Waals surface area contributed by atoms with E-state index >= 15 is 0 Å². The molecule has 0 aliphatic heterocycles. The first-order valence-corrected chi connectivity index (χ1v) is 5.25. The Morgan fingerprint density at radius 2 is 2.06 bits per heavy atom. The van der Waals surface area contributed by atoms with Crippen molar-refractivity contribution in [2.45, 2.75) is 13.8 Å². The summed E-state index contributed by atoms with van der Waals surface area (Å²) in [5.74, 6) is 0.372. The summed E-state index contributed by atoms with van der Waals surface area (Å²) in [6, 6.07) is 5.91. The monoisotopic (exact) mass is 230 g/mol. The fourth-order valence-electron chi connectivity index (χ4n) is 1.47. The summed E-state index contributed by atoms with van der Waals surface area (Å²) in [5.41, 5.74) is 8.61. The van der Waals surface area contributed by atoms with E-state index in [1.165, 1.54) is 17.5 Å². The van der Waals surface area contributed by atoms with Gasteiger partial charge < -0.3 is 16.0 Å². The predicted molar refractivity (Wildman–Crippen MR) is 68.5 cm³/mol. The van der Waals surface area contributed by atoms with E-state index in [4.69, 9.17) is 5.73 Å². The SMILES string of the molecule is Cc1ccc(Nc2nc[nH]c(=O)c2N)cc1C. The number of aromatic amines is 1. The molecule has 0 saturated carbocycles. The maximum Gasteiger partial charge on any atom is 0.276 e. The Morgan fingerprint density at radius 1 is 1.29 bits per heavy atom. The van der Waals surface area contributed by atoms with Crippen LogP contribution in [0.1, 0.15) is 11.1 Å². The lowest BCUT2D eigenvalue weighted by Gasteiger charge is -2.09. The fourth-order valence-corrected chi connectivity index (χ4v) is 1.47. The third-order valence-electron chi connectivity index (χ3n) is 2.66. The molecule has 0 atom stereocenters. The zero-order valence-electron chi connectivity index (χ0n) is 9.74. The number of rotatable bonds is 2. The number of anilines is 3. The molecular formula is C12H14N4O. The van der Waals surface area contributed by atoms with Crippen molar-refractivity contribution in [3.63, 3.8) is 0 Å². The first-order valence-electron chi connectivity index (χ1n) is 5.25. The molecule has 0 unspecified atom stereocenters. The quantitative estimate of drug-likeness (QED) is 0.733. The highest BCUT2D eigenvalue weighted by Crippen LogP contribution is 2.19. The maximum atomic E-state index is 11.3. The first-order chi connectivity index (χ1) is 8.08. The van der Waals surface area contributed by atoms with Crippen molar-refractivity contribution in [2.24, 2.45) is 0 Å². The second-order valence-corrected chi connectivity index (χ2v) is 3.92. The van der Waals surface area contributed by atoms with Crippen molar-refractivity contribution in [2.75, 3.05) is 11.1 Å². The lowest BCUT2D eigenvalue weighted by molar-refractivity contribution is 1.12. The largest absolute Gasteiger partial charge is 0.391 e. The van der Waals surface area contributed by atoms with Gasteiger partial charge >= 0.3 is 0 Å². The zero-order chi connectivity index (χ0) is 12.4. The number of benzene rings is 1. The van der Waals surface area contributed by atoms with E-state index in [9.17, 15) is 4.79 Å². The number of hydrogen-bond acceptors (Lipinski definition) is 4. The molecular weight excluding hydrogens is 216 g/mol. The molecule has 0 aliphatic rings. The lowest BCUT2D eigenvalue weighted by Crippen LogP contribution is -2.14. The summed E-state index contributed by atoms with van der Waals surface area (Å²) in [6.07, 6.45) is 1.32. The molecule has 5 heteroatoms. The molecule has 0 spiro atoms. The summed E-state index contributed by atoms with van der Waals surface area (Å²) < 4.78 is 0. The minimum atomic E-state index is -0.341.